The molecule has 4 rings (SSSR count). The number of hydrogen-bond donors (Lipinski definition) is 2. The number of aromatic nitrogens is 4. The summed E-state index contributed by atoms with van der Waals surface area (Å²) < 4.78 is 1.59. The van der Waals surface area contributed by atoms with Crippen LogP contribution in [0.1, 0.15) is 18.5 Å². The summed E-state index contributed by atoms with van der Waals surface area (Å²) in [6.07, 6.45) is 8.64. The first-order valence-electron chi connectivity index (χ1n) is 8.97. The maximum atomic E-state index is 9.02. The second-order valence-corrected chi connectivity index (χ2v) is 7.15. The van der Waals surface area contributed by atoms with Crippen molar-refractivity contribution < 1.29 is 0 Å². The summed E-state index contributed by atoms with van der Waals surface area (Å²) in [4.78, 5) is 8.65. The fraction of sp³-hybridized carbons (Fsp3) is 0.143. The number of rotatable bonds is 4. The Morgan fingerprint density at radius 3 is 2.83 bits per heavy atom. The molecule has 0 saturated heterocycles. The average molecular weight is 404 g/mol. The van der Waals surface area contributed by atoms with Gasteiger partial charge in [0.05, 0.1) is 28.7 Å². The minimum atomic E-state index is -0.345. The molecule has 0 spiro atoms. The van der Waals surface area contributed by atoms with Gasteiger partial charge in [0, 0.05) is 41.3 Å². The highest BCUT2D eigenvalue weighted by molar-refractivity contribution is 6.37. The fourth-order valence-electron chi connectivity index (χ4n) is 3.13. The van der Waals surface area contributed by atoms with Crippen LogP contribution in [0, 0.1) is 18.3 Å². The maximum absolute atomic E-state index is 9.02. The fourth-order valence-corrected chi connectivity index (χ4v) is 3.39. The number of pyridine rings is 2. The van der Waals surface area contributed by atoms with Crippen molar-refractivity contribution in [3.63, 3.8) is 0 Å². The van der Waals surface area contributed by atoms with E-state index in [1.165, 1.54) is 0 Å². The van der Waals surface area contributed by atoms with Gasteiger partial charge in [-0.25, -0.2) is 4.98 Å². The van der Waals surface area contributed by atoms with Crippen LogP contribution in [0.15, 0.2) is 49.2 Å². The van der Waals surface area contributed by atoms with Crippen LogP contribution in [0.5, 0.6) is 0 Å². The molecule has 0 aliphatic heterocycles. The number of aryl methyl sites for hydroxylation is 1. The number of nitrogens with one attached hydrogen (secondary N) is 1. The topological polar surface area (TPSA) is 105 Å². The lowest BCUT2D eigenvalue weighted by atomic mass is 9.99. The molecule has 0 aliphatic rings. The van der Waals surface area contributed by atoms with E-state index in [2.05, 4.69) is 26.5 Å². The monoisotopic (exact) mass is 403 g/mol. The lowest BCUT2D eigenvalue weighted by Crippen LogP contribution is -2.02. The Bertz CT molecular complexity index is 1260. The van der Waals surface area contributed by atoms with Crippen LogP contribution in [-0.4, -0.2) is 19.7 Å². The van der Waals surface area contributed by atoms with E-state index >= 15 is 0 Å². The number of nitrogens with two attached hydrogens (primary N) is 1. The first kappa shape index (κ1) is 18.7. The normalized spacial score (nSPS) is 11.9. The van der Waals surface area contributed by atoms with Crippen molar-refractivity contribution in [3.05, 3.63) is 59.8 Å². The lowest BCUT2D eigenvalue weighted by Gasteiger charge is -2.13. The third-order valence-electron chi connectivity index (χ3n) is 4.79. The Balaban J connectivity index is 1.75. The van der Waals surface area contributed by atoms with Gasteiger partial charge in [-0.05, 0) is 43.0 Å². The Labute approximate surface area is 172 Å². The maximum Gasteiger partial charge on any atom is 0.135 e. The number of halogens is 1. The number of fused-ring (bicyclic) bond motifs is 1. The molecule has 0 saturated carbocycles. The van der Waals surface area contributed by atoms with Crippen LogP contribution in [0.4, 0.5) is 17.2 Å². The summed E-state index contributed by atoms with van der Waals surface area (Å²) in [7, 11) is 0. The molecule has 144 valence electrons. The minimum Gasteiger partial charge on any atom is -0.397 e. The van der Waals surface area contributed by atoms with Gasteiger partial charge in [0.2, 0.25) is 0 Å². The number of benzene rings is 1. The number of anilines is 3. The second kappa shape index (κ2) is 7.41. The molecule has 1 aromatic carbocycles. The third kappa shape index (κ3) is 3.46. The van der Waals surface area contributed by atoms with Gasteiger partial charge >= 0.3 is 0 Å². The summed E-state index contributed by atoms with van der Waals surface area (Å²) in [6.45, 7) is 3.78. The van der Waals surface area contributed by atoms with Crippen molar-refractivity contribution in [3.8, 4) is 17.2 Å². The highest BCUT2D eigenvalue weighted by Crippen LogP contribution is 2.39. The molecule has 3 aromatic heterocycles. The van der Waals surface area contributed by atoms with E-state index in [-0.39, 0.29) is 6.04 Å². The first-order chi connectivity index (χ1) is 14.0. The largest absolute Gasteiger partial charge is 0.397 e. The zero-order valence-electron chi connectivity index (χ0n) is 15.9. The van der Waals surface area contributed by atoms with Crippen molar-refractivity contribution in [2.24, 2.45) is 0 Å². The standard InChI is InChI=1S/C21H18ClN7/c1-12-3-4-25-9-17(12)16-5-14-6-19(26-10-18(14)21(24)20(16)22)28-15-8-27-29(11-15)13(2)7-23/h3-6,8-11,13H,24H2,1-2H3,(H,26,28)/t13-/m1/s1. The number of nitrogens with zero attached hydrogens (tertiary/aromatic N) is 5. The smallest absolute Gasteiger partial charge is 0.135 e. The molecule has 0 bridgehead atoms. The zero-order chi connectivity index (χ0) is 20.5. The molecule has 0 fully saturated rings. The second-order valence-electron chi connectivity index (χ2n) is 6.77. The Kier molecular flexibility index (Phi) is 4.79. The highest BCUT2D eigenvalue weighted by atomic mass is 35.5. The van der Waals surface area contributed by atoms with E-state index in [0.717, 1.165) is 33.2 Å². The Morgan fingerprint density at radius 2 is 2.07 bits per heavy atom. The number of nitrogen functional groups attached to an aromatic ring is 1. The van der Waals surface area contributed by atoms with Crippen molar-refractivity contribution in [1.82, 2.24) is 19.7 Å². The quantitative estimate of drug-likeness (QED) is 0.471. The van der Waals surface area contributed by atoms with E-state index in [1.54, 1.807) is 42.6 Å². The Morgan fingerprint density at radius 1 is 1.24 bits per heavy atom. The Hall–Kier alpha value is -3.63. The van der Waals surface area contributed by atoms with Gasteiger partial charge < -0.3 is 11.1 Å². The molecule has 8 heteroatoms. The summed E-state index contributed by atoms with van der Waals surface area (Å²) in [5.41, 5.74) is 10.4. The van der Waals surface area contributed by atoms with Gasteiger partial charge in [0.1, 0.15) is 11.9 Å². The summed E-state index contributed by atoms with van der Waals surface area (Å²) in [5, 5.41) is 18.6. The molecular formula is C21H18ClN7. The van der Waals surface area contributed by atoms with Crippen molar-refractivity contribution in [1.29, 1.82) is 5.26 Å². The van der Waals surface area contributed by atoms with Crippen molar-refractivity contribution in [2.45, 2.75) is 19.9 Å². The molecule has 0 amide bonds. The highest BCUT2D eigenvalue weighted by Gasteiger charge is 2.14. The van der Waals surface area contributed by atoms with Crippen molar-refractivity contribution in [2.75, 3.05) is 11.1 Å². The van der Waals surface area contributed by atoms with E-state index < -0.39 is 0 Å². The summed E-state index contributed by atoms with van der Waals surface area (Å²) in [6, 6.07) is 7.63. The van der Waals surface area contributed by atoms with E-state index in [0.29, 0.717) is 16.5 Å². The first-order valence-corrected chi connectivity index (χ1v) is 9.35. The van der Waals surface area contributed by atoms with Crippen LogP contribution in [-0.2, 0) is 0 Å². The molecular weight excluding hydrogens is 386 g/mol. The van der Waals surface area contributed by atoms with Gasteiger partial charge in [-0.15, -0.1) is 0 Å². The molecule has 4 aromatic rings. The van der Waals surface area contributed by atoms with Crippen LogP contribution in [0.3, 0.4) is 0 Å². The van der Waals surface area contributed by atoms with Gasteiger partial charge in [0.15, 0.2) is 0 Å². The molecule has 3 N–H and O–H groups in total. The van der Waals surface area contributed by atoms with Gasteiger partial charge in [-0.1, -0.05) is 11.6 Å². The predicted molar refractivity (Wildman–Crippen MR) is 115 cm³/mol. The summed E-state index contributed by atoms with van der Waals surface area (Å²) in [5.74, 6) is 0.636. The van der Waals surface area contributed by atoms with Crippen LogP contribution < -0.4 is 11.1 Å². The predicted octanol–water partition coefficient (Wildman–Crippen LogP) is 4.87. The average Bonchev–Trinajstić information content (AvgIpc) is 3.19. The van der Waals surface area contributed by atoms with E-state index in [1.807, 2.05) is 25.1 Å². The number of nitriles is 1. The zero-order valence-corrected chi connectivity index (χ0v) is 16.6. The van der Waals surface area contributed by atoms with Gasteiger partial charge in [0.25, 0.3) is 0 Å². The molecule has 1 atom stereocenters. The van der Waals surface area contributed by atoms with Crippen LogP contribution >= 0.6 is 11.6 Å². The van der Waals surface area contributed by atoms with E-state index in [4.69, 9.17) is 22.6 Å². The molecule has 0 aliphatic carbocycles. The summed E-state index contributed by atoms with van der Waals surface area (Å²) >= 11 is 6.56. The molecule has 0 radical (unpaired) electrons. The van der Waals surface area contributed by atoms with E-state index in [9.17, 15) is 0 Å². The molecule has 3 heterocycles. The van der Waals surface area contributed by atoms with Crippen molar-refractivity contribution >= 4 is 39.6 Å². The minimum absolute atomic E-state index is 0.345. The molecule has 0 unspecified atom stereocenters. The van der Waals surface area contributed by atoms with Crippen LogP contribution in [0.25, 0.3) is 21.9 Å². The number of hydrogen-bond acceptors (Lipinski definition) is 6. The lowest BCUT2D eigenvalue weighted by molar-refractivity contribution is 0.591. The van der Waals surface area contributed by atoms with Gasteiger partial charge in [-0.2, -0.15) is 10.4 Å². The third-order valence-corrected chi connectivity index (χ3v) is 5.19. The SMILES string of the molecule is Cc1ccncc1-c1cc2cc(Nc3cnn([C@H](C)C#N)c3)ncc2c(N)c1Cl. The molecule has 7 nitrogen and oxygen atoms in total. The molecule has 29 heavy (non-hydrogen) atoms. The van der Waals surface area contributed by atoms with Crippen LogP contribution in [0.2, 0.25) is 5.02 Å². The van der Waals surface area contributed by atoms with Gasteiger partial charge in [-0.3, -0.25) is 9.67 Å².